The number of benzene rings is 1. The van der Waals surface area contributed by atoms with Crippen LogP contribution in [0, 0.1) is 0 Å². The van der Waals surface area contributed by atoms with E-state index in [0.29, 0.717) is 15.9 Å². The summed E-state index contributed by atoms with van der Waals surface area (Å²) in [5, 5.41) is 17.6. The quantitative estimate of drug-likeness (QED) is 0.557. The minimum Gasteiger partial charge on any atom is -0.422 e. The van der Waals surface area contributed by atoms with Crippen LogP contribution in [0.5, 0.6) is 0 Å². The normalized spacial score (nSPS) is 10.9. The van der Waals surface area contributed by atoms with Crippen molar-refractivity contribution in [1.82, 2.24) is 24.5 Å². The fourth-order valence-electron chi connectivity index (χ4n) is 2.59. The van der Waals surface area contributed by atoms with Crippen molar-refractivity contribution in [2.75, 3.05) is 5.32 Å². The molecule has 8 heteroatoms. The van der Waals surface area contributed by atoms with E-state index in [2.05, 4.69) is 20.4 Å². The van der Waals surface area contributed by atoms with Gasteiger partial charge in [-0.2, -0.15) is 10.1 Å². The van der Waals surface area contributed by atoms with Crippen LogP contribution in [0.2, 0.25) is 0 Å². The maximum absolute atomic E-state index is 11.8. The van der Waals surface area contributed by atoms with Crippen LogP contribution in [0.4, 0.5) is 11.5 Å². The minimum absolute atomic E-state index is 0.150. The molecule has 4 rings (SSSR count). The number of anilines is 2. The van der Waals surface area contributed by atoms with Crippen molar-refractivity contribution >= 4 is 22.5 Å². The Bertz CT molecular complexity index is 1110. The van der Waals surface area contributed by atoms with E-state index in [0.717, 1.165) is 16.8 Å². The second kappa shape index (κ2) is 5.75. The fraction of sp³-hybridized carbons (Fsp3) is 0.0588. The zero-order valence-corrected chi connectivity index (χ0v) is 13.3. The van der Waals surface area contributed by atoms with E-state index in [4.69, 9.17) is 0 Å². The van der Waals surface area contributed by atoms with Gasteiger partial charge in [0.2, 0.25) is 0 Å². The summed E-state index contributed by atoms with van der Waals surface area (Å²) < 4.78 is 2.18. The molecule has 0 aliphatic rings. The van der Waals surface area contributed by atoms with Gasteiger partial charge in [0.25, 0.3) is 0 Å². The summed E-state index contributed by atoms with van der Waals surface area (Å²) in [4.78, 5) is 19.7. The van der Waals surface area contributed by atoms with E-state index in [1.807, 2.05) is 37.5 Å². The van der Waals surface area contributed by atoms with Gasteiger partial charge in [-0.25, -0.2) is 9.78 Å². The Balaban J connectivity index is 1.70. The number of rotatable bonds is 3. The van der Waals surface area contributed by atoms with E-state index in [1.54, 1.807) is 23.0 Å². The van der Waals surface area contributed by atoms with Gasteiger partial charge < -0.3 is 10.5 Å². The number of fused-ring (bicyclic) bond motifs is 1. The molecule has 0 spiro atoms. The molecule has 0 atom stereocenters. The monoisotopic (exact) mass is 334 g/mol. The van der Waals surface area contributed by atoms with Crippen molar-refractivity contribution in [3.05, 3.63) is 65.5 Å². The average Bonchev–Trinajstić information content (AvgIpc) is 3.06. The van der Waals surface area contributed by atoms with Crippen LogP contribution >= 0.6 is 0 Å². The lowest BCUT2D eigenvalue weighted by Gasteiger charge is -2.09. The highest BCUT2D eigenvalue weighted by atomic mass is 16.5. The molecule has 1 aromatic carbocycles. The molecule has 0 amide bonds. The lowest BCUT2D eigenvalue weighted by Crippen LogP contribution is -2.23. The number of hydrogen-bond acceptors (Lipinski definition) is 6. The molecule has 8 nitrogen and oxygen atoms in total. The summed E-state index contributed by atoms with van der Waals surface area (Å²) in [6.45, 7) is 0. The standard InChI is InChI=1S/C17H14N6O2/c1-22-10-12(9-19-22)11-4-6-13(7-5-11)20-15-14-3-2-8-18-16(14)23(25)17(24)21-15/h2-10,25H,1H3,(H,20,21,24). The van der Waals surface area contributed by atoms with Gasteiger partial charge in [-0.1, -0.05) is 12.1 Å². The largest absolute Gasteiger partial charge is 0.422 e. The van der Waals surface area contributed by atoms with Crippen molar-refractivity contribution in [3.8, 4) is 11.1 Å². The maximum atomic E-state index is 11.8. The van der Waals surface area contributed by atoms with Crippen LogP contribution < -0.4 is 11.0 Å². The summed E-state index contributed by atoms with van der Waals surface area (Å²) in [6.07, 6.45) is 5.23. The van der Waals surface area contributed by atoms with Crippen LogP contribution in [-0.2, 0) is 7.05 Å². The van der Waals surface area contributed by atoms with E-state index in [9.17, 15) is 10.0 Å². The summed E-state index contributed by atoms with van der Waals surface area (Å²) in [5.41, 5.74) is 2.17. The van der Waals surface area contributed by atoms with Crippen LogP contribution in [-0.4, -0.2) is 29.7 Å². The highest BCUT2D eigenvalue weighted by Gasteiger charge is 2.11. The Labute approximate surface area is 142 Å². The molecule has 25 heavy (non-hydrogen) atoms. The maximum Gasteiger partial charge on any atom is 0.384 e. The first kappa shape index (κ1) is 14.9. The molecule has 0 unspecified atom stereocenters. The first-order valence-corrected chi connectivity index (χ1v) is 7.55. The van der Waals surface area contributed by atoms with Gasteiger partial charge in [-0.15, -0.1) is 4.73 Å². The summed E-state index contributed by atoms with van der Waals surface area (Å²) in [5.74, 6) is 0.340. The summed E-state index contributed by atoms with van der Waals surface area (Å²) in [6, 6.07) is 11.1. The molecular formula is C17H14N6O2. The first-order chi connectivity index (χ1) is 12.1. The van der Waals surface area contributed by atoms with Crippen molar-refractivity contribution in [2.45, 2.75) is 0 Å². The topological polar surface area (TPSA) is 97.9 Å². The number of aryl methyl sites for hydroxylation is 1. The lowest BCUT2D eigenvalue weighted by atomic mass is 10.1. The van der Waals surface area contributed by atoms with Gasteiger partial charge in [0.1, 0.15) is 5.82 Å². The number of hydrogen-bond donors (Lipinski definition) is 2. The second-order valence-electron chi connectivity index (χ2n) is 5.53. The Morgan fingerprint density at radius 1 is 1.12 bits per heavy atom. The molecule has 0 aliphatic carbocycles. The van der Waals surface area contributed by atoms with Gasteiger partial charge in [0, 0.05) is 30.7 Å². The van der Waals surface area contributed by atoms with Gasteiger partial charge >= 0.3 is 5.69 Å². The third-order valence-electron chi connectivity index (χ3n) is 3.82. The fourth-order valence-corrected chi connectivity index (χ4v) is 2.59. The molecule has 3 aromatic heterocycles. The van der Waals surface area contributed by atoms with Crippen molar-refractivity contribution in [1.29, 1.82) is 0 Å². The number of nitrogens with one attached hydrogen (secondary N) is 1. The molecule has 124 valence electrons. The smallest absolute Gasteiger partial charge is 0.384 e. The van der Waals surface area contributed by atoms with Crippen LogP contribution in [0.3, 0.4) is 0 Å². The highest BCUT2D eigenvalue weighted by Crippen LogP contribution is 2.24. The van der Waals surface area contributed by atoms with Crippen molar-refractivity contribution < 1.29 is 5.21 Å². The summed E-state index contributed by atoms with van der Waals surface area (Å²) >= 11 is 0. The molecular weight excluding hydrogens is 320 g/mol. The molecule has 0 saturated heterocycles. The molecule has 3 heterocycles. The van der Waals surface area contributed by atoms with Gasteiger partial charge in [0.15, 0.2) is 5.65 Å². The molecule has 4 aromatic rings. The van der Waals surface area contributed by atoms with Crippen LogP contribution in [0.1, 0.15) is 0 Å². The van der Waals surface area contributed by atoms with Crippen molar-refractivity contribution in [3.63, 3.8) is 0 Å². The van der Waals surface area contributed by atoms with Gasteiger partial charge in [-0.3, -0.25) is 4.68 Å². The SMILES string of the molecule is Cn1cc(-c2ccc(Nc3nc(=O)n(O)c4ncccc34)cc2)cn1. The Kier molecular flexibility index (Phi) is 3.42. The second-order valence-corrected chi connectivity index (χ2v) is 5.53. The van der Waals surface area contributed by atoms with E-state index < -0.39 is 5.69 Å². The zero-order valence-electron chi connectivity index (χ0n) is 13.3. The molecule has 0 aliphatic heterocycles. The minimum atomic E-state index is -0.791. The Hall–Kier alpha value is -3.68. The number of aromatic nitrogens is 5. The average molecular weight is 334 g/mol. The molecule has 0 fully saturated rings. The molecule has 2 N–H and O–H groups in total. The third kappa shape index (κ3) is 2.69. The Morgan fingerprint density at radius 3 is 2.64 bits per heavy atom. The third-order valence-corrected chi connectivity index (χ3v) is 3.82. The molecule has 0 bridgehead atoms. The zero-order chi connectivity index (χ0) is 17.4. The van der Waals surface area contributed by atoms with E-state index in [1.165, 1.54) is 6.20 Å². The van der Waals surface area contributed by atoms with E-state index in [-0.39, 0.29) is 5.65 Å². The molecule has 0 saturated carbocycles. The number of nitrogens with zero attached hydrogens (tertiary/aromatic N) is 5. The van der Waals surface area contributed by atoms with Crippen LogP contribution in [0.15, 0.2) is 59.8 Å². The predicted molar refractivity (Wildman–Crippen MR) is 92.9 cm³/mol. The number of pyridine rings is 1. The van der Waals surface area contributed by atoms with Crippen LogP contribution in [0.25, 0.3) is 22.2 Å². The summed E-state index contributed by atoms with van der Waals surface area (Å²) in [7, 11) is 1.87. The van der Waals surface area contributed by atoms with E-state index >= 15 is 0 Å². The lowest BCUT2D eigenvalue weighted by molar-refractivity contribution is 0.182. The Morgan fingerprint density at radius 2 is 1.92 bits per heavy atom. The van der Waals surface area contributed by atoms with Gasteiger partial charge in [0.05, 0.1) is 11.6 Å². The first-order valence-electron chi connectivity index (χ1n) is 7.55. The highest BCUT2D eigenvalue weighted by molar-refractivity contribution is 5.88. The predicted octanol–water partition coefficient (Wildman–Crippen LogP) is 2.17. The van der Waals surface area contributed by atoms with Crippen molar-refractivity contribution in [2.24, 2.45) is 7.05 Å². The van der Waals surface area contributed by atoms with Gasteiger partial charge in [-0.05, 0) is 29.8 Å². The molecule has 0 radical (unpaired) electrons.